The smallest absolute Gasteiger partial charge is 0.233 e. The van der Waals surface area contributed by atoms with E-state index in [4.69, 9.17) is 0 Å². The third-order valence-electron chi connectivity index (χ3n) is 6.79. The van der Waals surface area contributed by atoms with Crippen LogP contribution in [0.2, 0.25) is 0 Å². The Kier molecular flexibility index (Phi) is 8.47. The number of guanidine groups is 1. The van der Waals surface area contributed by atoms with Gasteiger partial charge in [-0.1, -0.05) is 25.1 Å². The van der Waals surface area contributed by atoms with Crippen molar-refractivity contribution in [2.45, 2.75) is 32.6 Å². The molecule has 1 saturated heterocycles. The summed E-state index contributed by atoms with van der Waals surface area (Å²) in [7, 11) is 0. The number of nitrogens with one attached hydrogen (secondary N) is 2. The number of benzene rings is 1. The van der Waals surface area contributed by atoms with Crippen LogP contribution in [0.1, 0.15) is 38.2 Å². The Bertz CT molecular complexity index is 924. The monoisotopic (exact) mass is 572 g/mol. The first-order valence-electron chi connectivity index (χ1n) is 11.4. The summed E-state index contributed by atoms with van der Waals surface area (Å²) in [5.74, 6) is -1.06. The zero-order valence-corrected chi connectivity index (χ0v) is 21.2. The average Bonchev–Trinajstić information content (AvgIpc) is 3.46. The van der Waals surface area contributed by atoms with Gasteiger partial charge in [0.25, 0.3) is 0 Å². The molecule has 1 heterocycles. The Hall–Kier alpha value is -2.04. The van der Waals surface area contributed by atoms with Crippen molar-refractivity contribution in [3.8, 4) is 0 Å². The van der Waals surface area contributed by atoms with Gasteiger partial charge in [0.05, 0.1) is 11.8 Å². The molecule has 0 radical (unpaired) electrons. The van der Waals surface area contributed by atoms with Gasteiger partial charge in [-0.2, -0.15) is 0 Å². The first-order chi connectivity index (χ1) is 15.4. The van der Waals surface area contributed by atoms with Gasteiger partial charge in [-0.3, -0.25) is 19.5 Å². The van der Waals surface area contributed by atoms with Crippen molar-refractivity contribution in [2.24, 2.45) is 28.7 Å². The van der Waals surface area contributed by atoms with Crippen molar-refractivity contribution in [1.29, 1.82) is 0 Å². The average molecular weight is 572 g/mol. The summed E-state index contributed by atoms with van der Waals surface area (Å²) in [4.78, 5) is 31.5. The van der Waals surface area contributed by atoms with E-state index in [9.17, 15) is 18.4 Å². The van der Waals surface area contributed by atoms with Gasteiger partial charge < -0.3 is 10.6 Å². The molecule has 4 rings (SSSR count). The number of nitrogens with zero attached hydrogens (tertiary/aromatic N) is 2. The Morgan fingerprint density at radius 1 is 1.12 bits per heavy atom. The number of hydrogen-bond acceptors (Lipinski definition) is 3. The standard InChI is InChI=1S/C24H30F2N4O2.HI/c1-3-27-24(29-13-14(2)15-7-8-18(25)19(26)12-15)28-9-4-10-30-22(31)20-16-5-6-17(11-16)21(20)23(30)32;/h5-8,12,14,16-17,20-21H,3-4,9-11,13H2,1-2H3,(H2,27,28,29);1H. The zero-order valence-electron chi connectivity index (χ0n) is 18.9. The molecule has 1 aliphatic heterocycles. The van der Waals surface area contributed by atoms with Crippen molar-refractivity contribution >= 4 is 41.8 Å². The van der Waals surface area contributed by atoms with Crippen molar-refractivity contribution in [3.05, 3.63) is 47.5 Å². The molecule has 33 heavy (non-hydrogen) atoms. The number of imide groups is 1. The quantitative estimate of drug-likeness (QED) is 0.125. The maximum absolute atomic E-state index is 13.5. The fourth-order valence-electron chi connectivity index (χ4n) is 5.12. The first kappa shape index (κ1) is 25.6. The second-order valence-corrected chi connectivity index (χ2v) is 8.90. The summed E-state index contributed by atoms with van der Waals surface area (Å²) in [5.41, 5.74) is 0.684. The largest absolute Gasteiger partial charge is 0.357 e. The molecule has 1 aromatic carbocycles. The lowest BCUT2D eigenvalue weighted by atomic mass is 9.85. The zero-order chi connectivity index (χ0) is 22.8. The molecule has 2 bridgehead atoms. The van der Waals surface area contributed by atoms with Crippen molar-refractivity contribution in [1.82, 2.24) is 15.5 Å². The molecule has 2 aliphatic carbocycles. The lowest BCUT2D eigenvalue weighted by Crippen LogP contribution is -2.40. The molecule has 2 fully saturated rings. The summed E-state index contributed by atoms with van der Waals surface area (Å²) in [6, 6.07) is 3.90. The Balaban J connectivity index is 0.00000306. The van der Waals surface area contributed by atoms with Crippen molar-refractivity contribution < 1.29 is 18.4 Å². The Morgan fingerprint density at radius 3 is 2.39 bits per heavy atom. The van der Waals surface area contributed by atoms with Crippen LogP contribution < -0.4 is 10.6 Å². The van der Waals surface area contributed by atoms with E-state index in [2.05, 4.69) is 27.8 Å². The number of halogens is 3. The highest BCUT2D eigenvalue weighted by atomic mass is 127. The van der Waals surface area contributed by atoms with Gasteiger partial charge in [-0.15, -0.1) is 24.0 Å². The first-order valence-corrected chi connectivity index (χ1v) is 11.4. The van der Waals surface area contributed by atoms with Crippen LogP contribution in [0, 0.1) is 35.3 Å². The molecule has 3 aliphatic rings. The number of likely N-dealkylation sites (tertiary alicyclic amines) is 1. The van der Waals surface area contributed by atoms with Crippen molar-refractivity contribution in [3.63, 3.8) is 0 Å². The summed E-state index contributed by atoms with van der Waals surface area (Å²) >= 11 is 0. The lowest BCUT2D eigenvalue weighted by Gasteiger charge is -2.18. The summed E-state index contributed by atoms with van der Waals surface area (Å²) in [5, 5.41) is 6.38. The van der Waals surface area contributed by atoms with E-state index >= 15 is 0 Å². The van der Waals surface area contributed by atoms with Gasteiger partial charge in [0, 0.05) is 32.1 Å². The lowest BCUT2D eigenvalue weighted by molar-refractivity contribution is -0.140. The van der Waals surface area contributed by atoms with E-state index in [0.717, 1.165) is 12.5 Å². The number of fused-ring (bicyclic) bond motifs is 5. The number of carbonyl (C=O) groups is 2. The topological polar surface area (TPSA) is 73.8 Å². The molecular formula is C24H31F2IN4O2. The minimum Gasteiger partial charge on any atom is -0.357 e. The maximum Gasteiger partial charge on any atom is 0.233 e. The molecule has 5 unspecified atom stereocenters. The van der Waals surface area contributed by atoms with Crippen LogP contribution in [0.15, 0.2) is 35.3 Å². The van der Waals surface area contributed by atoms with E-state index in [-0.39, 0.29) is 65.4 Å². The molecule has 180 valence electrons. The SMILES string of the molecule is CCNC(=NCC(C)c1ccc(F)c(F)c1)NCCCN1C(=O)C2C3C=CC(C3)C2C1=O.I. The van der Waals surface area contributed by atoms with Crippen LogP contribution in [-0.2, 0) is 9.59 Å². The van der Waals surface area contributed by atoms with Crippen LogP contribution in [-0.4, -0.2) is 48.9 Å². The number of hydrogen-bond donors (Lipinski definition) is 2. The Morgan fingerprint density at radius 2 is 1.79 bits per heavy atom. The number of aliphatic imine (C=N–C) groups is 1. The third kappa shape index (κ3) is 5.22. The predicted octanol–water partition coefficient (Wildman–Crippen LogP) is 3.44. The molecule has 1 aromatic rings. The van der Waals surface area contributed by atoms with E-state index in [0.29, 0.717) is 44.1 Å². The third-order valence-corrected chi connectivity index (χ3v) is 6.79. The van der Waals surface area contributed by atoms with E-state index < -0.39 is 11.6 Å². The number of carbonyl (C=O) groups excluding carboxylic acids is 2. The summed E-state index contributed by atoms with van der Waals surface area (Å²) in [6.45, 7) is 5.91. The van der Waals surface area contributed by atoms with Crippen molar-refractivity contribution in [2.75, 3.05) is 26.2 Å². The van der Waals surface area contributed by atoms with Crippen LogP contribution in [0.25, 0.3) is 0 Å². The molecule has 0 spiro atoms. The molecule has 2 N–H and O–H groups in total. The number of allylic oxidation sites excluding steroid dienone is 2. The fraction of sp³-hybridized carbons (Fsp3) is 0.542. The second kappa shape index (κ2) is 10.9. The maximum atomic E-state index is 13.5. The molecule has 5 atom stereocenters. The minimum absolute atomic E-state index is 0. The molecule has 9 heteroatoms. The molecule has 6 nitrogen and oxygen atoms in total. The van der Waals surface area contributed by atoms with E-state index in [1.807, 2.05) is 13.8 Å². The molecule has 2 amide bonds. The number of amides is 2. The van der Waals surface area contributed by atoms with Gasteiger partial charge in [0.1, 0.15) is 0 Å². The van der Waals surface area contributed by atoms with Gasteiger partial charge in [0.2, 0.25) is 11.8 Å². The second-order valence-electron chi connectivity index (χ2n) is 8.90. The normalized spacial score (nSPS) is 26.4. The van der Waals surface area contributed by atoms with Crippen LogP contribution in [0.4, 0.5) is 8.78 Å². The highest BCUT2D eigenvalue weighted by Crippen LogP contribution is 2.52. The van der Waals surface area contributed by atoms with Crippen LogP contribution >= 0.6 is 24.0 Å². The molecule has 0 aromatic heterocycles. The number of rotatable bonds is 8. The highest BCUT2D eigenvalue weighted by Gasteiger charge is 2.58. The van der Waals surface area contributed by atoms with Gasteiger partial charge in [-0.25, -0.2) is 8.78 Å². The van der Waals surface area contributed by atoms with Crippen LogP contribution in [0.3, 0.4) is 0 Å². The summed E-state index contributed by atoms with van der Waals surface area (Å²) in [6.07, 6.45) is 5.77. The van der Waals surface area contributed by atoms with Gasteiger partial charge in [0.15, 0.2) is 17.6 Å². The Labute approximate surface area is 210 Å². The molecule has 1 saturated carbocycles. The van der Waals surface area contributed by atoms with E-state index in [1.54, 1.807) is 6.07 Å². The predicted molar refractivity (Wildman–Crippen MR) is 133 cm³/mol. The fourth-order valence-corrected chi connectivity index (χ4v) is 5.12. The van der Waals surface area contributed by atoms with Crippen LogP contribution in [0.5, 0.6) is 0 Å². The highest BCUT2D eigenvalue weighted by molar-refractivity contribution is 14.0. The van der Waals surface area contributed by atoms with Gasteiger partial charge >= 0.3 is 0 Å². The summed E-state index contributed by atoms with van der Waals surface area (Å²) < 4.78 is 26.6. The van der Waals surface area contributed by atoms with Gasteiger partial charge in [-0.05, 0) is 49.3 Å². The molecular weight excluding hydrogens is 541 g/mol. The van der Waals surface area contributed by atoms with E-state index in [1.165, 1.54) is 11.0 Å². The minimum atomic E-state index is -0.859.